The van der Waals surface area contributed by atoms with Gasteiger partial charge in [-0.2, -0.15) is 0 Å². The second kappa shape index (κ2) is 21.4. The van der Waals surface area contributed by atoms with Gasteiger partial charge in [0.15, 0.2) is 0 Å². The Balaban J connectivity index is 0.0000109. The van der Waals surface area contributed by atoms with Gasteiger partial charge in [0, 0.05) is 19.0 Å². The third kappa shape index (κ3) is 15.2. The van der Waals surface area contributed by atoms with Crippen molar-refractivity contribution in [2.75, 3.05) is 33.2 Å². The molecule has 0 heterocycles. The first kappa shape index (κ1) is 33.1. The summed E-state index contributed by atoms with van der Waals surface area (Å²) in [5.74, 6) is 0.322. The predicted molar refractivity (Wildman–Crippen MR) is 144 cm³/mol. The molecular formula is C30H55BrN2O. The molecule has 1 aromatic carbocycles. The molecule has 0 aromatic heterocycles. The number of carbonyl (C=O) groups is 1. The molecule has 4 heteroatoms. The molecule has 198 valence electrons. The van der Waals surface area contributed by atoms with E-state index < -0.39 is 0 Å². The van der Waals surface area contributed by atoms with Crippen molar-refractivity contribution in [1.82, 2.24) is 4.90 Å². The molecule has 34 heavy (non-hydrogen) atoms. The van der Waals surface area contributed by atoms with Crippen molar-refractivity contribution in [3.05, 3.63) is 35.9 Å². The highest BCUT2D eigenvalue weighted by molar-refractivity contribution is 5.75. The van der Waals surface area contributed by atoms with Gasteiger partial charge in [-0.1, -0.05) is 114 Å². The highest BCUT2D eigenvalue weighted by Crippen LogP contribution is 2.16. The summed E-state index contributed by atoms with van der Waals surface area (Å²) < 4.78 is 1.04. The Morgan fingerprint density at radius 2 is 1.21 bits per heavy atom. The average Bonchev–Trinajstić information content (AvgIpc) is 2.85. The fourth-order valence-electron chi connectivity index (χ4n) is 4.78. The van der Waals surface area contributed by atoms with Crippen molar-refractivity contribution >= 4 is 5.91 Å². The Morgan fingerprint density at radius 3 is 1.68 bits per heavy atom. The number of unbranched alkanes of at least 4 members (excludes halogenated alkanes) is 12. The van der Waals surface area contributed by atoms with Crippen molar-refractivity contribution in [3.8, 4) is 0 Å². The standard InChI is InChI=1S/C30H55N2O.BrH/c1-5-8-9-10-11-12-13-14-15-16-17-18-22-25-30(33)31(4)26-27-32(6-2,7-3)28-29-23-20-19-21-24-29;/h19-21,23-24H,5-18,22,25-28H2,1-4H3;1H/q+1;/p-1. The van der Waals surface area contributed by atoms with E-state index in [0.29, 0.717) is 12.3 Å². The summed E-state index contributed by atoms with van der Waals surface area (Å²) in [6.45, 7) is 12.0. The molecule has 0 aliphatic heterocycles. The first-order valence-electron chi connectivity index (χ1n) is 14.2. The summed E-state index contributed by atoms with van der Waals surface area (Å²) >= 11 is 0. The molecule has 1 rings (SSSR count). The lowest BCUT2D eigenvalue weighted by Crippen LogP contribution is -3.00. The van der Waals surface area contributed by atoms with Gasteiger partial charge in [0.05, 0.1) is 26.2 Å². The van der Waals surface area contributed by atoms with Crippen LogP contribution in [-0.4, -0.2) is 48.5 Å². The molecule has 0 N–H and O–H groups in total. The van der Waals surface area contributed by atoms with Gasteiger partial charge in [-0.05, 0) is 20.3 Å². The number of carbonyl (C=O) groups excluding carboxylic acids is 1. The van der Waals surface area contributed by atoms with E-state index in [2.05, 4.69) is 51.1 Å². The van der Waals surface area contributed by atoms with Crippen LogP contribution in [0.15, 0.2) is 30.3 Å². The van der Waals surface area contributed by atoms with Crippen molar-refractivity contribution in [2.24, 2.45) is 0 Å². The minimum absolute atomic E-state index is 0. The Bertz CT molecular complexity index is 589. The van der Waals surface area contributed by atoms with E-state index in [1.807, 2.05) is 11.9 Å². The molecule has 0 saturated carbocycles. The van der Waals surface area contributed by atoms with Gasteiger partial charge in [0.1, 0.15) is 6.54 Å². The number of benzene rings is 1. The second-order valence-electron chi connectivity index (χ2n) is 10.1. The number of rotatable bonds is 21. The van der Waals surface area contributed by atoms with E-state index in [0.717, 1.165) is 43.6 Å². The first-order valence-corrected chi connectivity index (χ1v) is 14.2. The van der Waals surface area contributed by atoms with Crippen LogP contribution in [0.2, 0.25) is 0 Å². The molecule has 1 aromatic rings. The van der Waals surface area contributed by atoms with Gasteiger partial charge in [0.25, 0.3) is 0 Å². The Hall–Kier alpha value is -0.870. The van der Waals surface area contributed by atoms with E-state index in [-0.39, 0.29) is 17.0 Å². The molecule has 0 aliphatic carbocycles. The van der Waals surface area contributed by atoms with Crippen molar-refractivity contribution in [3.63, 3.8) is 0 Å². The van der Waals surface area contributed by atoms with Crippen molar-refractivity contribution in [1.29, 1.82) is 0 Å². The van der Waals surface area contributed by atoms with Crippen LogP contribution in [0.25, 0.3) is 0 Å². The summed E-state index contributed by atoms with van der Waals surface area (Å²) in [6.07, 6.45) is 18.2. The average molecular weight is 540 g/mol. The predicted octanol–water partition coefficient (Wildman–Crippen LogP) is 4.99. The van der Waals surface area contributed by atoms with Gasteiger partial charge in [-0.15, -0.1) is 0 Å². The van der Waals surface area contributed by atoms with Crippen molar-refractivity contribution in [2.45, 2.75) is 117 Å². The van der Waals surface area contributed by atoms with Gasteiger partial charge < -0.3 is 26.4 Å². The Kier molecular flexibility index (Phi) is 20.9. The van der Waals surface area contributed by atoms with Gasteiger partial charge in [-0.3, -0.25) is 4.79 Å². The number of halogens is 1. The highest BCUT2D eigenvalue weighted by Gasteiger charge is 2.24. The summed E-state index contributed by atoms with van der Waals surface area (Å²) in [4.78, 5) is 14.6. The van der Waals surface area contributed by atoms with E-state index in [4.69, 9.17) is 0 Å². The van der Waals surface area contributed by atoms with Crippen LogP contribution < -0.4 is 17.0 Å². The largest absolute Gasteiger partial charge is 1.00 e. The molecule has 0 bridgehead atoms. The first-order chi connectivity index (χ1) is 16.1. The number of hydrogen-bond acceptors (Lipinski definition) is 1. The highest BCUT2D eigenvalue weighted by atomic mass is 79.9. The summed E-state index contributed by atoms with van der Waals surface area (Å²) in [7, 11) is 1.99. The Morgan fingerprint density at radius 1 is 0.735 bits per heavy atom. The van der Waals surface area contributed by atoms with E-state index in [1.165, 1.54) is 82.6 Å². The number of nitrogens with zero attached hydrogens (tertiary/aromatic N) is 2. The zero-order valence-electron chi connectivity index (χ0n) is 23.0. The van der Waals surface area contributed by atoms with E-state index in [1.54, 1.807) is 0 Å². The maximum atomic E-state index is 12.6. The third-order valence-corrected chi connectivity index (χ3v) is 7.53. The lowest BCUT2D eigenvalue weighted by atomic mass is 10.0. The van der Waals surface area contributed by atoms with Gasteiger partial charge >= 0.3 is 0 Å². The van der Waals surface area contributed by atoms with Gasteiger partial charge in [0.2, 0.25) is 5.91 Å². The quantitative estimate of drug-likeness (QED) is 0.159. The van der Waals surface area contributed by atoms with Crippen LogP contribution in [0, 0.1) is 0 Å². The zero-order chi connectivity index (χ0) is 24.2. The van der Waals surface area contributed by atoms with Crippen LogP contribution >= 0.6 is 0 Å². The molecular weight excluding hydrogens is 484 g/mol. The summed E-state index contributed by atoms with van der Waals surface area (Å²) in [5, 5.41) is 0. The van der Waals surface area contributed by atoms with Crippen LogP contribution in [0.5, 0.6) is 0 Å². The molecule has 0 fully saturated rings. The minimum atomic E-state index is 0. The molecule has 0 spiro atoms. The minimum Gasteiger partial charge on any atom is -1.00 e. The molecule has 0 radical (unpaired) electrons. The second-order valence-corrected chi connectivity index (χ2v) is 10.1. The lowest BCUT2D eigenvalue weighted by Gasteiger charge is -2.38. The van der Waals surface area contributed by atoms with E-state index >= 15 is 0 Å². The molecule has 3 nitrogen and oxygen atoms in total. The monoisotopic (exact) mass is 538 g/mol. The lowest BCUT2D eigenvalue weighted by molar-refractivity contribution is -0.937. The molecule has 0 aliphatic rings. The molecule has 0 saturated heterocycles. The van der Waals surface area contributed by atoms with Crippen LogP contribution in [0.3, 0.4) is 0 Å². The van der Waals surface area contributed by atoms with Crippen LogP contribution in [-0.2, 0) is 11.3 Å². The summed E-state index contributed by atoms with van der Waals surface area (Å²) in [5.41, 5.74) is 1.39. The normalized spacial score (nSPS) is 11.3. The number of hydrogen-bond donors (Lipinski definition) is 0. The zero-order valence-corrected chi connectivity index (χ0v) is 24.6. The van der Waals surface area contributed by atoms with Crippen LogP contribution in [0.1, 0.15) is 116 Å². The molecule has 0 atom stereocenters. The topological polar surface area (TPSA) is 20.3 Å². The third-order valence-electron chi connectivity index (χ3n) is 7.53. The molecule has 1 amide bonds. The molecule has 0 unspecified atom stereocenters. The Labute approximate surface area is 223 Å². The smallest absolute Gasteiger partial charge is 0.222 e. The fourth-order valence-corrected chi connectivity index (χ4v) is 4.78. The fraction of sp³-hybridized carbons (Fsp3) is 0.767. The SMILES string of the molecule is CCCCCCCCCCCCCCCC(=O)N(C)CC[N+](CC)(CC)Cc1ccccc1.[Br-]. The maximum absolute atomic E-state index is 12.6. The number of quaternary nitrogens is 1. The summed E-state index contributed by atoms with van der Waals surface area (Å²) in [6, 6.07) is 10.8. The number of likely N-dealkylation sites (N-methyl/N-ethyl adjacent to an activating group) is 2. The van der Waals surface area contributed by atoms with E-state index in [9.17, 15) is 4.79 Å². The maximum Gasteiger partial charge on any atom is 0.222 e. The van der Waals surface area contributed by atoms with Crippen LogP contribution in [0.4, 0.5) is 0 Å². The van der Waals surface area contributed by atoms with Crippen molar-refractivity contribution < 1.29 is 26.3 Å². The van der Waals surface area contributed by atoms with Gasteiger partial charge in [-0.25, -0.2) is 0 Å². The number of amides is 1.